The summed E-state index contributed by atoms with van der Waals surface area (Å²) in [5.74, 6) is -14.5. The average Bonchev–Trinajstić information content (AvgIpc) is 3.52. The van der Waals surface area contributed by atoms with Crippen molar-refractivity contribution in [2.45, 2.75) is 22.9 Å². The third-order valence-corrected chi connectivity index (χ3v) is 7.59. The van der Waals surface area contributed by atoms with Crippen LogP contribution in [0.2, 0.25) is 5.02 Å². The van der Waals surface area contributed by atoms with Crippen molar-refractivity contribution in [1.29, 1.82) is 0 Å². The number of benzene rings is 3. The fraction of sp³-hybridized carbons (Fsp3) is 0.192. The Kier molecular flexibility index (Phi) is 9.06. The number of alkyl halides is 7. The van der Waals surface area contributed by atoms with E-state index < -0.39 is 92.3 Å². The van der Waals surface area contributed by atoms with Gasteiger partial charge in [-0.05, 0) is 42.0 Å². The van der Waals surface area contributed by atoms with E-state index in [0.717, 1.165) is 18.2 Å². The number of halogens is 12. The highest BCUT2D eigenvalue weighted by Crippen LogP contribution is 2.65. The molecule has 18 heteroatoms. The highest BCUT2D eigenvalue weighted by atomic mass is 35.5. The Morgan fingerprint density at radius 2 is 1.43 bits per heavy atom. The second-order valence-electron chi connectivity index (χ2n) is 9.21. The summed E-state index contributed by atoms with van der Waals surface area (Å²) in [6.07, 6.45) is -8.68. The highest BCUT2D eigenvalue weighted by molar-refractivity contribution is 6.53. The molecule has 0 bridgehead atoms. The number of hydrogen-bond acceptors (Lipinski definition) is 3. The molecule has 0 radical (unpaired) electrons. The van der Waals surface area contributed by atoms with Crippen LogP contribution in [0.1, 0.15) is 27.4 Å². The Morgan fingerprint density at radius 3 is 2.02 bits per heavy atom. The SMILES string of the molecule is O=C(Nc1cc(NC(=O)C(F)F)c(F)c(F)c1F)c1cc(NC(=O)C2[C@H](c3ccc(F)c(C(F)(F)F)c3)C2(Cl)Cl)ccc1Cl. The second-order valence-corrected chi connectivity index (χ2v) is 11.1. The van der Waals surface area contributed by atoms with Crippen molar-refractivity contribution in [3.8, 4) is 0 Å². The summed E-state index contributed by atoms with van der Waals surface area (Å²) >= 11 is 18.3. The molecule has 3 amide bonds. The summed E-state index contributed by atoms with van der Waals surface area (Å²) in [5.41, 5.74) is -4.74. The first-order valence-corrected chi connectivity index (χ1v) is 12.9. The van der Waals surface area contributed by atoms with Crippen molar-refractivity contribution in [2.75, 3.05) is 16.0 Å². The zero-order chi connectivity index (χ0) is 32.9. The van der Waals surface area contributed by atoms with Gasteiger partial charge in [0.15, 0.2) is 17.5 Å². The van der Waals surface area contributed by atoms with Crippen LogP contribution >= 0.6 is 34.8 Å². The van der Waals surface area contributed by atoms with Gasteiger partial charge in [0, 0.05) is 11.6 Å². The summed E-state index contributed by atoms with van der Waals surface area (Å²) in [5, 5.41) is 5.18. The van der Waals surface area contributed by atoms with Gasteiger partial charge >= 0.3 is 12.6 Å². The lowest BCUT2D eigenvalue weighted by Crippen LogP contribution is -2.22. The van der Waals surface area contributed by atoms with E-state index in [-0.39, 0.29) is 16.3 Å². The highest BCUT2D eigenvalue weighted by Gasteiger charge is 2.67. The van der Waals surface area contributed by atoms with Crippen LogP contribution in [0.4, 0.5) is 56.6 Å². The van der Waals surface area contributed by atoms with E-state index in [2.05, 4.69) is 5.32 Å². The monoisotopic (exact) mass is 691 g/mol. The maximum Gasteiger partial charge on any atom is 0.419 e. The molecule has 1 fully saturated rings. The van der Waals surface area contributed by atoms with E-state index in [1.165, 1.54) is 11.4 Å². The Morgan fingerprint density at radius 1 is 0.818 bits per heavy atom. The number of nitrogens with one attached hydrogen (secondary N) is 3. The van der Waals surface area contributed by atoms with Crippen molar-refractivity contribution in [2.24, 2.45) is 5.92 Å². The lowest BCUT2D eigenvalue weighted by atomic mass is 10.0. The number of anilines is 3. The van der Waals surface area contributed by atoms with Crippen molar-refractivity contribution in [3.05, 3.63) is 87.4 Å². The first-order chi connectivity index (χ1) is 20.3. The Balaban J connectivity index is 1.55. The van der Waals surface area contributed by atoms with Gasteiger partial charge in [-0.3, -0.25) is 14.4 Å². The van der Waals surface area contributed by atoms with Crippen LogP contribution < -0.4 is 16.0 Å². The Bertz CT molecular complexity index is 1690. The summed E-state index contributed by atoms with van der Waals surface area (Å²) in [6.45, 7) is 0. The quantitative estimate of drug-likeness (QED) is 0.134. The number of carbonyl (C=O) groups is 3. The van der Waals surface area contributed by atoms with Crippen LogP contribution in [0.3, 0.4) is 0 Å². The van der Waals surface area contributed by atoms with Gasteiger partial charge in [0.25, 0.3) is 11.8 Å². The molecule has 1 aliphatic rings. The maximum absolute atomic E-state index is 14.3. The standard InChI is InChI=1S/C26H13Cl3F9N3O3/c27-12-3-2-9(39-23(43)17-16(25(17,28)29)8-1-4-13(30)11(5-8)26(36,37)38)6-10(12)22(42)40-14-7-15(41-24(44)21(34)35)19(32)20(33)18(14)31/h1-7,16-17,21H,(H,39,43)(H,40,42)(H,41,44)/t16-,17?/m0/s1. The van der Waals surface area contributed by atoms with Gasteiger partial charge in [-0.1, -0.05) is 17.7 Å². The molecule has 2 atom stereocenters. The zero-order valence-electron chi connectivity index (χ0n) is 21.0. The molecule has 0 spiro atoms. The van der Waals surface area contributed by atoms with E-state index in [4.69, 9.17) is 34.8 Å². The molecule has 1 aliphatic carbocycles. The Hall–Kier alpha value is -3.69. The molecule has 0 saturated heterocycles. The minimum absolute atomic E-state index is 0.162. The molecule has 1 unspecified atom stereocenters. The zero-order valence-corrected chi connectivity index (χ0v) is 23.3. The van der Waals surface area contributed by atoms with Crippen molar-refractivity contribution in [1.82, 2.24) is 0 Å². The topological polar surface area (TPSA) is 87.3 Å². The number of hydrogen-bond donors (Lipinski definition) is 3. The molecular formula is C26H13Cl3F9N3O3. The smallest absolute Gasteiger partial charge is 0.326 e. The van der Waals surface area contributed by atoms with Gasteiger partial charge in [0.2, 0.25) is 5.91 Å². The van der Waals surface area contributed by atoms with Gasteiger partial charge < -0.3 is 16.0 Å². The first-order valence-electron chi connectivity index (χ1n) is 11.8. The average molecular weight is 693 g/mol. The summed E-state index contributed by atoms with van der Waals surface area (Å²) in [6, 6.07) is 5.52. The van der Waals surface area contributed by atoms with Gasteiger partial charge in [-0.2, -0.15) is 22.0 Å². The Labute approximate surface area is 255 Å². The van der Waals surface area contributed by atoms with Crippen LogP contribution in [0.25, 0.3) is 0 Å². The van der Waals surface area contributed by atoms with Crippen LogP contribution in [-0.4, -0.2) is 28.5 Å². The van der Waals surface area contributed by atoms with Crippen LogP contribution in [0, 0.1) is 29.2 Å². The summed E-state index contributed by atoms with van der Waals surface area (Å²) in [4.78, 5) is 37.0. The fourth-order valence-electron chi connectivity index (χ4n) is 4.18. The van der Waals surface area contributed by atoms with Gasteiger partial charge in [0.05, 0.1) is 33.4 Å². The molecule has 1 saturated carbocycles. The molecule has 44 heavy (non-hydrogen) atoms. The predicted octanol–water partition coefficient (Wildman–Crippen LogP) is 7.90. The molecule has 3 aromatic carbocycles. The fourth-order valence-corrected chi connectivity index (χ4v) is 5.21. The van der Waals surface area contributed by atoms with Gasteiger partial charge in [-0.15, -0.1) is 23.2 Å². The largest absolute Gasteiger partial charge is 0.419 e. The molecule has 0 aromatic heterocycles. The van der Waals surface area contributed by atoms with E-state index in [9.17, 15) is 53.9 Å². The summed E-state index contributed by atoms with van der Waals surface area (Å²) in [7, 11) is 0. The van der Waals surface area contributed by atoms with Crippen molar-refractivity contribution >= 4 is 69.6 Å². The predicted molar refractivity (Wildman–Crippen MR) is 141 cm³/mol. The molecular weight excluding hydrogens is 680 g/mol. The van der Waals surface area contributed by atoms with E-state index in [1.54, 1.807) is 0 Å². The van der Waals surface area contributed by atoms with Crippen molar-refractivity contribution < 1.29 is 53.9 Å². The van der Waals surface area contributed by atoms with Crippen LogP contribution in [-0.2, 0) is 15.8 Å². The molecule has 0 heterocycles. The first kappa shape index (κ1) is 33.2. The summed E-state index contributed by atoms with van der Waals surface area (Å²) < 4.78 is 119. The molecule has 6 nitrogen and oxygen atoms in total. The maximum atomic E-state index is 14.3. The molecule has 234 valence electrons. The number of rotatable bonds is 7. The van der Waals surface area contributed by atoms with Crippen LogP contribution in [0.15, 0.2) is 42.5 Å². The third kappa shape index (κ3) is 6.54. The lowest BCUT2D eigenvalue weighted by Gasteiger charge is -2.13. The molecule has 3 aromatic rings. The lowest BCUT2D eigenvalue weighted by molar-refractivity contribution is -0.140. The number of carbonyl (C=O) groups excluding carboxylic acids is 3. The van der Waals surface area contributed by atoms with E-state index in [1.807, 2.05) is 5.32 Å². The second kappa shape index (κ2) is 12.0. The van der Waals surface area contributed by atoms with E-state index in [0.29, 0.717) is 18.2 Å². The molecule has 3 N–H and O–H groups in total. The minimum atomic E-state index is -5.04. The number of amides is 3. The third-order valence-electron chi connectivity index (χ3n) is 6.32. The van der Waals surface area contributed by atoms with Crippen LogP contribution in [0.5, 0.6) is 0 Å². The van der Waals surface area contributed by atoms with E-state index >= 15 is 0 Å². The normalized spacial score (nSPS) is 17.3. The minimum Gasteiger partial charge on any atom is -0.326 e. The van der Waals surface area contributed by atoms with Gasteiger partial charge in [0.1, 0.15) is 10.2 Å². The van der Waals surface area contributed by atoms with Crippen molar-refractivity contribution in [3.63, 3.8) is 0 Å². The van der Waals surface area contributed by atoms with Gasteiger partial charge in [-0.25, -0.2) is 17.6 Å². The molecule has 4 rings (SSSR count). The molecule has 0 aliphatic heterocycles.